The summed E-state index contributed by atoms with van der Waals surface area (Å²) in [5, 5.41) is 0. The molecule has 6 N–H and O–H groups in total. The van der Waals surface area contributed by atoms with Gasteiger partial charge in [-0.25, -0.2) is 0 Å². The first-order valence-electron chi connectivity index (χ1n) is 9.15. The molecule has 3 aromatic carbocycles. The molecular weight excluding hydrogens is 406 g/mol. The number of hydrogen-bond acceptors (Lipinski definition) is 7. The molecule has 0 spiro atoms. The van der Waals surface area contributed by atoms with Gasteiger partial charge in [0, 0.05) is 0 Å². The van der Waals surface area contributed by atoms with Crippen LogP contribution in [0.3, 0.4) is 0 Å². The van der Waals surface area contributed by atoms with Gasteiger partial charge in [-0.15, -0.1) is 0 Å². The molecule has 0 bridgehead atoms. The Morgan fingerprint density at radius 3 is 1.07 bits per heavy atom. The van der Waals surface area contributed by atoms with E-state index in [4.69, 9.17) is 30.5 Å². The summed E-state index contributed by atoms with van der Waals surface area (Å²) in [6.07, 6.45) is -0.202. The summed E-state index contributed by atoms with van der Waals surface area (Å²) in [5.74, 6) is 1.60. The maximum absolute atomic E-state index is 6.24. The van der Waals surface area contributed by atoms with Crippen LogP contribution < -0.4 is 27.2 Å². The van der Waals surface area contributed by atoms with Crippen LogP contribution in [0.1, 0.15) is 13.8 Å². The van der Waals surface area contributed by atoms with Crippen molar-refractivity contribution in [1.82, 2.24) is 0 Å². The van der Waals surface area contributed by atoms with Gasteiger partial charge in [-0.05, 0) is 0 Å². The molecule has 0 aliphatic rings. The summed E-state index contributed by atoms with van der Waals surface area (Å²) in [6, 6.07) is 20.9. The number of benzene rings is 3. The van der Waals surface area contributed by atoms with E-state index in [0.717, 1.165) is 0 Å². The minimum atomic E-state index is -4.40. The Hall–Kier alpha value is -2.87. The van der Waals surface area contributed by atoms with Crippen molar-refractivity contribution < 1.29 is 31.4 Å². The second kappa shape index (κ2) is 9.09. The number of hydrogen-bond donors (Lipinski definition) is 3. The summed E-state index contributed by atoms with van der Waals surface area (Å²) in [5.41, 5.74) is 19.2. The molecule has 0 unspecified atom stereocenters. The molecule has 3 rings (SSSR count). The second-order valence-electron chi connectivity index (χ2n) is 6.68. The van der Waals surface area contributed by atoms with E-state index in [9.17, 15) is 0 Å². The topological polar surface area (TPSA) is 115 Å². The zero-order chi connectivity index (χ0) is 20.9. The summed E-state index contributed by atoms with van der Waals surface area (Å²) in [6.45, 7) is 3.79. The number of anilines is 3. The molecule has 152 valence electrons. The Bertz CT molecular complexity index is 800. The van der Waals surface area contributed by atoms with Gasteiger partial charge < -0.3 is 0 Å². The SMILES string of the molecule is CC(C)[O][Ti]([O]c1ccc(N)cc1)([O]c1ccc(N)cc1)[O]c1ccc(N)cc1. The molecular formula is C21H25N3O4Ti. The third-order valence-corrected chi connectivity index (χ3v) is 7.21. The monoisotopic (exact) mass is 431 g/mol. The van der Waals surface area contributed by atoms with E-state index in [0.29, 0.717) is 34.3 Å². The molecule has 0 aliphatic carbocycles. The fourth-order valence-corrected chi connectivity index (χ4v) is 5.78. The van der Waals surface area contributed by atoms with Crippen molar-refractivity contribution in [2.75, 3.05) is 17.2 Å². The molecule has 0 atom stereocenters. The van der Waals surface area contributed by atoms with E-state index >= 15 is 0 Å². The van der Waals surface area contributed by atoms with Crippen molar-refractivity contribution in [3.05, 3.63) is 72.8 Å². The summed E-state index contributed by atoms with van der Waals surface area (Å²) in [7, 11) is 0. The summed E-state index contributed by atoms with van der Waals surface area (Å²) < 4.78 is 24.9. The van der Waals surface area contributed by atoms with Crippen molar-refractivity contribution in [1.29, 1.82) is 0 Å². The third-order valence-electron chi connectivity index (χ3n) is 3.75. The van der Waals surface area contributed by atoms with E-state index in [1.54, 1.807) is 72.8 Å². The summed E-state index contributed by atoms with van der Waals surface area (Å²) in [4.78, 5) is 0. The van der Waals surface area contributed by atoms with Crippen LogP contribution in [0.4, 0.5) is 17.1 Å². The first-order chi connectivity index (χ1) is 13.8. The Labute approximate surface area is 175 Å². The molecule has 0 heterocycles. The molecule has 3 aromatic rings. The van der Waals surface area contributed by atoms with E-state index in [2.05, 4.69) is 0 Å². The fourth-order valence-electron chi connectivity index (χ4n) is 2.46. The minimum absolute atomic E-state index is 0.202. The van der Waals surface area contributed by atoms with Gasteiger partial charge in [0.1, 0.15) is 0 Å². The Kier molecular flexibility index (Phi) is 6.54. The van der Waals surface area contributed by atoms with E-state index in [1.807, 2.05) is 13.8 Å². The van der Waals surface area contributed by atoms with Gasteiger partial charge in [0.25, 0.3) is 0 Å². The van der Waals surface area contributed by atoms with E-state index in [1.165, 1.54) is 0 Å². The number of nitrogens with two attached hydrogens (primary N) is 3. The zero-order valence-corrected chi connectivity index (χ0v) is 17.9. The fraction of sp³-hybridized carbons (Fsp3) is 0.143. The molecule has 8 heteroatoms. The van der Waals surface area contributed by atoms with Crippen LogP contribution in [0.25, 0.3) is 0 Å². The van der Waals surface area contributed by atoms with E-state index < -0.39 is 18.1 Å². The van der Waals surface area contributed by atoms with Gasteiger partial charge in [-0.2, -0.15) is 0 Å². The second-order valence-corrected chi connectivity index (χ2v) is 9.57. The van der Waals surface area contributed by atoms with Crippen LogP contribution in [-0.2, 0) is 21.5 Å². The van der Waals surface area contributed by atoms with Crippen molar-refractivity contribution in [3.63, 3.8) is 0 Å². The Balaban J connectivity index is 1.99. The molecule has 29 heavy (non-hydrogen) atoms. The molecule has 0 fully saturated rings. The van der Waals surface area contributed by atoms with Crippen molar-refractivity contribution in [2.45, 2.75) is 20.0 Å². The number of rotatable bonds is 8. The molecule has 0 amide bonds. The van der Waals surface area contributed by atoms with Crippen LogP contribution >= 0.6 is 0 Å². The van der Waals surface area contributed by atoms with Gasteiger partial charge >= 0.3 is 176 Å². The van der Waals surface area contributed by atoms with E-state index in [-0.39, 0.29) is 6.10 Å². The standard InChI is InChI=1S/3C6H7NO.C3H7O.Ti/c3*7-5-1-3-6(8)4-2-5;1-3(2)4;/h3*1-4,8H,7H2;3H,1-2H3;/q;;;-1;+4/p-3. The van der Waals surface area contributed by atoms with Crippen LogP contribution in [0.2, 0.25) is 0 Å². The maximum atomic E-state index is 6.24. The third kappa shape index (κ3) is 6.05. The van der Waals surface area contributed by atoms with Crippen LogP contribution in [0.5, 0.6) is 17.2 Å². The van der Waals surface area contributed by atoms with Crippen molar-refractivity contribution >= 4 is 17.1 Å². The van der Waals surface area contributed by atoms with Crippen LogP contribution in [0.15, 0.2) is 72.8 Å². The molecule has 0 radical (unpaired) electrons. The van der Waals surface area contributed by atoms with Gasteiger partial charge in [0.15, 0.2) is 0 Å². The Morgan fingerprint density at radius 2 is 0.828 bits per heavy atom. The van der Waals surface area contributed by atoms with Crippen molar-refractivity contribution in [2.24, 2.45) is 0 Å². The van der Waals surface area contributed by atoms with Crippen LogP contribution in [0, 0.1) is 0 Å². The predicted molar refractivity (Wildman–Crippen MR) is 111 cm³/mol. The van der Waals surface area contributed by atoms with Gasteiger partial charge in [-0.1, -0.05) is 0 Å². The molecule has 0 saturated heterocycles. The van der Waals surface area contributed by atoms with Gasteiger partial charge in [-0.3, -0.25) is 0 Å². The molecule has 7 nitrogen and oxygen atoms in total. The van der Waals surface area contributed by atoms with Crippen LogP contribution in [-0.4, -0.2) is 6.10 Å². The van der Waals surface area contributed by atoms with Gasteiger partial charge in [0.05, 0.1) is 0 Å². The first kappa shape index (κ1) is 20.9. The average Bonchev–Trinajstić information content (AvgIpc) is 2.67. The van der Waals surface area contributed by atoms with Gasteiger partial charge in [0.2, 0.25) is 0 Å². The average molecular weight is 431 g/mol. The predicted octanol–water partition coefficient (Wildman–Crippen LogP) is 4.21. The quantitative estimate of drug-likeness (QED) is 0.362. The molecule has 0 aromatic heterocycles. The number of nitrogen functional groups attached to an aromatic ring is 3. The first-order valence-corrected chi connectivity index (χ1v) is 11.7. The summed E-state index contributed by atoms with van der Waals surface area (Å²) >= 11 is -4.40. The molecule has 0 aliphatic heterocycles. The van der Waals surface area contributed by atoms with Crippen molar-refractivity contribution in [3.8, 4) is 17.2 Å². The Morgan fingerprint density at radius 1 is 0.552 bits per heavy atom. The normalized spacial score (nSPS) is 11.3. The zero-order valence-electron chi connectivity index (χ0n) is 16.4. The molecule has 0 saturated carbocycles.